The van der Waals surface area contributed by atoms with Crippen molar-refractivity contribution in [2.24, 2.45) is 11.8 Å². The van der Waals surface area contributed by atoms with Crippen molar-refractivity contribution >= 4 is 17.5 Å². The zero-order valence-corrected chi connectivity index (χ0v) is 14.1. The number of halogens is 2. The van der Waals surface area contributed by atoms with E-state index in [-0.39, 0.29) is 29.3 Å². The van der Waals surface area contributed by atoms with E-state index in [1.165, 1.54) is 4.90 Å². The highest BCUT2D eigenvalue weighted by molar-refractivity contribution is 5.97. The fourth-order valence-electron chi connectivity index (χ4n) is 4.05. The maximum Gasteiger partial charge on any atom is 0.231 e. The van der Waals surface area contributed by atoms with E-state index in [2.05, 4.69) is 0 Å². The van der Waals surface area contributed by atoms with Crippen LogP contribution in [0.25, 0.3) is 0 Å². The highest BCUT2D eigenvalue weighted by atomic mass is 19.1. The molecule has 1 atom stereocenters. The van der Waals surface area contributed by atoms with Crippen molar-refractivity contribution in [3.63, 3.8) is 0 Å². The monoisotopic (exact) mass is 348 g/mol. The molecule has 1 saturated carbocycles. The van der Waals surface area contributed by atoms with Crippen LogP contribution in [0.2, 0.25) is 0 Å². The number of nitrogens with zero attached hydrogens (tertiary/aromatic N) is 2. The number of fused-ring (bicyclic) bond motifs is 1. The Labute approximate surface area is 145 Å². The summed E-state index contributed by atoms with van der Waals surface area (Å²) in [5.41, 5.74) is 0.392. The molecule has 1 aliphatic carbocycles. The Kier molecular flexibility index (Phi) is 4.21. The van der Waals surface area contributed by atoms with Crippen LogP contribution in [0.3, 0.4) is 0 Å². The number of hydrogen-bond donors (Lipinski definition) is 0. The van der Waals surface area contributed by atoms with E-state index in [9.17, 15) is 18.4 Å². The first-order chi connectivity index (χ1) is 12.1. The smallest absolute Gasteiger partial charge is 0.231 e. The third kappa shape index (κ3) is 3.02. The third-order valence-corrected chi connectivity index (χ3v) is 5.53. The summed E-state index contributed by atoms with van der Waals surface area (Å²) in [5, 5.41) is 0. The highest BCUT2D eigenvalue weighted by Gasteiger charge is 2.39. The third-order valence-electron chi connectivity index (χ3n) is 5.53. The second-order valence-electron chi connectivity index (χ2n) is 7.35. The number of benzene rings is 1. The minimum Gasteiger partial charge on any atom is -0.342 e. The average Bonchev–Trinajstić information content (AvgIpc) is 3.48. The van der Waals surface area contributed by atoms with Gasteiger partial charge >= 0.3 is 0 Å². The molecule has 2 aliphatic heterocycles. The summed E-state index contributed by atoms with van der Waals surface area (Å²) >= 11 is 0. The van der Waals surface area contributed by atoms with Crippen LogP contribution in [0.4, 0.5) is 14.5 Å². The first-order valence-corrected chi connectivity index (χ1v) is 9.13. The normalized spacial score (nSPS) is 23.4. The van der Waals surface area contributed by atoms with Gasteiger partial charge in [0.05, 0.1) is 11.6 Å². The van der Waals surface area contributed by atoms with Crippen molar-refractivity contribution in [1.29, 1.82) is 0 Å². The molecule has 3 aliphatic rings. The Bertz CT molecular complexity index is 718. The van der Waals surface area contributed by atoms with E-state index in [0.717, 1.165) is 31.4 Å². The van der Waals surface area contributed by atoms with E-state index >= 15 is 0 Å². The Hall–Kier alpha value is -1.98. The number of amides is 2. The second kappa shape index (κ2) is 6.39. The molecule has 0 bridgehead atoms. The number of hydrogen-bond acceptors (Lipinski definition) is 2. The molecule has 1 aromatic rings. The van der Waals surface area contributed by atoms with Crippen molar-refractivity contribution in [3.05, 3.63) is 29.3 Å². The van der Waals surface area contributed by atoms with Gasteiger partial charge in [-0.05, 0) is 50.7 Å². The second-order valence-corrected chi connectivity index (χ2v) is 7.35. The number of rotatable bonds is 2. The number of likely N-dealkylation sites (tertiary alicyclic amines) is 1. The van der Waals surface area contributed by atoms with Gasteiger partial charge in [-0.25, -0.2) is 8.78 Å². The molecule has 0 N–H and O–H groups in total. The fourth-order valence-corrected chi connectivity index (χ4v) is 4.05. The molecule has 1 unspecified atom stereocenters. The van der Waals surface area contributed by atoms with Gasteiger partial charge in [-0.15, -0.1) is 0 Å². The maximum atomic E-state index is 14.3. The SMILES string of the molecule is O=C(C1CC1)N1CCCC(C(=O)N2CCCc3c(F)ccc(F)c32)C1. The lowest BCUT2D eigenvalue weighted by Crippen LogP contribution is -2.48. The zero-order valence-electron chi connectivity index (χ0n) is 14.1. The minimum absolute atomic E-state index is 0.0990. The van der Waals surface area contributed by atoms with Crippen molar-refractivity contribution in [1.82, 2.24) is 4.90 Å². The molecule has 4 nitrogen and oxygen atoms in total. The summed E-state index contributed by atoms with van der Waals surface area (Å²) in [6.45, 7) is 1.49. The summed E-state index contributed by atoms with van der Waals surface area (Å²) in [7, 11) is 0. The predicted octanol–water partition coefficient (Wildman–Crippen LogP) is 2.89. The fraction of sp³-hybridized carbons (Fsp3) is 0.579. The lowest BCUT2D eigenvalue weighted by Gasteiger charge is -2.37. The highest BCUT2D eigenvalue weighted by Crippen LogP contribution is 2.35. The Balaban J connectivity index is 1.55. The van der Waals surface area contributed by atoms with Crippen LogP contribution < -0.4 is 4.90 Å². The van der Waals surface area contributed by atoms with Gasteiger partial charge in [-0.3, -0.25) is 9.59 Å². The maximum absolute atomic E-state index is 14.3. The van der Waals surface area contributed by atoms with Crippen LogP contribution in [-0.4, -0.2) is 36.3 Å². The molecule has 134 valence electrons. The number of carbonyl (C=O) groups excluding carboxylic acids is 2. The largest absolute Gasteiger partial charge is 0.342 e. The average molecular weight is 348 g/mol. The standard InChI is InChI=1S/C19H22F2N2O2/c20-15-7-8-16(21)17-14(15)4-2-10-23(17)19(25)13-3-1-9-22(11-13)18(24)12-5-6-12/h7-8,12-13H,1-6,9-11H2. The number of carbonyl (C=O) groups is 2. The molecular weight excluding hydrogens is 326 g/mol. The van der Waals surface area contributed by atoms with Crippen LogP contribution >= 0.6 is 0 Å². The van der Waals surface area contributed by atoms with E-state index in [1.807, 2.05) is 0 Å². The molecule has 2 amide bonds. The van der Waals surface area contributed by atoms with Crippen molar-refractivity contribution in [3.8, 4) is 0 Å². The molecule has 1 saturated heterocycles. The van der Waals surface area contributed by atoms with Gasteiger partial charge < -0.3 is 9.80 Å². The van der Waals surface area contributed by atoms with Gasteiger partial charge in [0.1, 0.15) is 11.6 Å². The van der Waals surface area contributed by atoms with Crippen LogP contribution in [0.5, 0.6) is 0 Å². The van der Waals surface area contributed by atoms with Gasteiger partial charge in [0.2, 0.25) is 11.8 Å². The molecule has 0 radical (unpaired) electrons. The first-order valence-electron chi connectivity index (χ1n) is 9.13. The molecule has 0 aromatic heterocycles. The van der Waals surface area contributed by atoms with Gasteiger partial charge in [-0.1, -0.05) is 0 Å². The van der Waals surface area contributed by atoms with E-state index in [1.54, 1.807) is 4.90 Å². The summed E-state index contributed by atoms with van der Waals surface area (Å²) < 4.78 is 28.4. The topological polar surface area (TPSA) is 40.6 Å². The molecule has 2 fully saturated rings. The molecule has 0 spiro atoms. The lowest BCUT2D eigenvalue weighted by atomic mass is 9.93. The van der Waals surface area contributed by atoms with E-state index in [4.69, 9.17) is 0 Å². The van der Waals surface area contributed by atoms with Gasteiger partial charge in [0.15, 0.2) is 0 Å². The molecule has 6 heteroatoms. The Morgan fingerprint density at radius 3 is 2.44 bits per heavy atom. The summed E-state index contributed by atoms with van der Waals surface area (Å²) in [6, 6.07) is 2.21. The minimum atomic E-state index is -0.550. The summed E-state index contributed by atoms with van der Waals surface area (Å²) in [6.07, 6.45) is 4.42. The first kappa shape index (κ1) is 16.5. The van der Waals surface area contributed by atoms with E-state index in [0.29, 0.717) is 44.5 Å². The van der Waals surface area contributed by atoms with Gasteiger partial charge in [0, 0.05) is 31.1 Å². The number of piperidine rings is 1. The van der Waals surface area contributed by atoms with E-state index < -0.39 is 11.6 Å². The quantitative estimate of drug-likeness (QED) is 0.825. The van der Waals surface area contributed by atoms with Crippen LogP contribution in [0.1, 0.15) is 37.7 Å². The molecule has 2 heterocycles. The van der Waals surface area contributed by atoms with Crippen LogP contribution in [0, 0.1) is 23.5 Å². The molecule has 4 rings (SSSR count). The number of anilines is 1. The van der Waals surface area contributed by atoms with Crippen LogP contribution in [-0.2, 0) is 16.0 Å². The van der Waals surface area contributed by atoms with Crippen molar-refractivity contribution in [2.75, 3.05) is 24.5 Å². The van der Waals surface area contributed by atoms with Crippen molar-refractivity contribution < 1.29 is 18.4 Å². The Morgan fingerprint density at radius 2 is 1.68 bits per heavy atom. The van der Waals surface area contributed by atoms with Crippen molar-refractivity contribution in [2.45, 2.75) is 38.5 Å². The van der Waals surface area contributed by atoms with Gasteiger partial charge in [0.25, 0.3) is 0 Å². The lowest BCUT2D eigenvalue weighted by molar-refractivity contribution is -0.136. The molecular formula is C19H22F2N2O2. The summed E-state index contributed by atoms with van der Waals surface area (Å²) in [5.74, 6) is -1.23. The Morgan fingerprint density at radius 1 is 0.920 bits per heavy atom. The zero-order chi connectivity index (χ0) is 17.6. The molecule has 1 aromatic carbocycles. The molecule has 25 heavy (non-hydrogen) atoms. The van der Waals surface area contributed by atoms with Crippen LogP contribution in [0.15, 0.2) is 12.1 Å². The van der Waals surface area contributed by atoms with Gasteiger partial charge in [-0.2, -0.15) is 0 Å². The predicted molar refractivity (Wildman–Crippen MR) is 89.1 cm³/mol. The summed E-state index contributed by atoms with van der Waals surface area (Å²) in [4.78, 5) is 28.5.